The van der Waals surface area contributed by atoms with Crippen LogP contribution >= 0.6 is 24.0 Å². The summed E-state index contributed by atoms with van der Waals surface area (Å²) in [6, 6.07) is 18.4. The molecule has 5 heteroatoms. The predicted octanol–water partition coefficient (Wildman–Crippen LogP) is 3.93. The number of nitrogens with zero attached hydrogens (tertiary/aromatic N) is 1. The van der Waals surface area contributed by atoms with E-state index in [9.17, 15) is 0 Å². The van der Waals surface area contributed by atoms with Gasteiger partial charge in [-0.25, -0.2) is 4.99 Å². The van der Waals surface area contributed by atoms with Crippen LogP contribution in [0.5, 0.6) is 5.75 Å². The van der Waals surface area contributed by atoms with Crippen molar-refractivity contribution in [1.82, 2.24) is 10.6 Å². The van der Waals surface area contributed by atoms with Crippen molar-refractivity contribution in [2.75, 3.05) is 26.2 Å². The zero-order valence-electron chi connectivity index (χ0n) is 14.3. The van der Waals surface area contributed by atoms with Crippen molar-refractivity contribution in [3.05, 3.63) is 54.6 Å². The third-order valence-electron chi connectivity index (χ3n) is 3.28. The number of hydrogen-bond acceptors (Lipinski definition) is 2. The van der Waals surface area contributed by atoms with Gasteiger partial charge in [0.2, 0.25) is 0 Å². The van der Waals surface area contributed by atoms with Crippen LogP contribution in [0.25, 0.3) is 11.1 Å². The minimum atomic E-state index is 0. The van der Waals surface area contributed by atoms with Crippen molar-refractivity contribution in [1.29, 1.82) is 0 Å². The normalized spacial score (nSPS) is 9.58. The third kappa shape index (κ3) is 6.39. The SMILES string of the molecule is CCNC(=NCCOc1ccccc1-c1ccccc1)NCC.I. The lowest BCUT2D eigenvalue weighted by Crippen LogP contribution is -2.37. The number of para-hydroxylation sites is 1. The first kappa shape index (κ1) is 20.3. The maximum atomic E-state index is 5.94. The molecule has 130 valence electrons. The van der Waals surface area contributed by atoms with Crippen LogP contribution in [0.1, 0.15) is 13.8 Å². The molecule has 0 saturated carbocycles. The number of aliphatic imine (C=N–C) groups is 1. The summed E-state index contributed by atoms with van der Waals surface area (Å²) in [6.45, 7) is 6.97. The lowest BCUT2D eigenvalue weighted by molar-refractivity contribution is 0.330. The van der Waals surface area contributed by atoms with Crippen LogP contribution in [0.15, 0.2) is 59.6 Å². The zero-order chi connectivity index (χ0) is 16.3. The molecule has 0 aliphatic rings. The molecule has 2 aromatic carbocycles. The first-order valence-electron chi connectivity index (χ1n) is 8.14. The first-order valence-corrected chi connectivity index (χ1v) is 8.14. The lowest BCUT2D eigenvalue weighted by atomic mass is 10.1. The molecule has 0 amide bonds. The number of halogens is 1. The van der Waals surface area contributed by atoms with Crippen molar-refractivity contribution in [3.8, 4) is 16.9 Å². The summed E-state index contributed by atoms with van der Waals surface area (Å²) in [5.74, 6) is 1.72. The molecular formula is C19H26IN3O. The highest BCUT2D eigenvalue weighted by molar-refractivity contribution is 14.0. The summed E-state index contributed by atoms with van der Waals surface area (Å²) in [4.78, 5) is 4.49. The van der Waals surface area contributed by atoms with Gasteiger partial charge in [0, 0.05) is 18.7 Å². The molecule has 0 bridgehead atoms. The molecule has 0 aliphatic heterocycles. The molecule has 2 rings (SSSR count). The third-order valence-corrected chi connectivity index (χ3v) is 3.28. The average Bonchev–Trinajstić information content (AvgIpc) is 2.60. The Hall–Kier alpha value is -1.76. The van der Waals surface area contributed by atoms with Crippen molar-refractivity contribution in [2.45, 2.75) is 13.8 Å². The van der Waals surface area contributed by atoms with Gasteiger partial charge in [0.25, 0.3) is 0 Å². The maximum Gasteiger partial charge on any atom is 0.191 e. The van der Waals surface area contributed by atoms with Crippen LogP contribution in [0.4, 0.5) is 0 Å². The molecule has 0 saturated heterocycles. The maximum absolute atomic E-state index is 5.94. The number of hydrogen-bond donors (Lipinski definition) is 2. The summed E-state index contributed by atoms with van der Waals surface area (Å²) in [5, 5.41) is 6.41. The molecule has 0 spiro atoms. The molecule has 0 aliphatic carbocycles. The van der Waals surface area contributed by atoms with Gasteiger partial charge in [-0.15, -0.1) is 24.0 Å². The van der Waals surface area contributed by atoms with Crippen LogP contribution in [-0.2, 0) is 0 Å². The molecule has 0 unspecified atom stereocenters. The van der Waals surface area contributed by atoms with E-state index in [0.29, 0.717) is 13.2 Å². The van der Waals surface area contributed by atoms with E-state index in [-0.39, 0.29) is 24.0 Å². The van der Waals surface area contributed by atoms with Gasteiger partial charge < -0.3 is 15.4 Å². The van der Waals surface area contributed by atoms with Crippen LogP contribution in [0.2, 0.25) is 0 Å². The van der Waals surface area contributed by atoms with Crippen molar-refractivity contribution in [3.63, 3.8) is 0 Å². The van der Waals surface area contributed by atoms with Crippen LogP contribution < -0.4 is 15.4 Å². The van der Waals surface area contributed by atoms with Gasteiger partial charge in [-0.3, -0.25) is 0 Å². The Morgan fingerprint density at radius 3 is 2.21 bits per heavy atom. The number of ether oxygens (including phenoxy) is 1. The highest BCUT2D eigenvalue weighted by Gasteiger charge is 2.04. The molecule has 0 radical (unpaired) electrons. The van der Waals surface area contributed by atoms with Gasteiger partial charge in [-0.1, -0.05) is 48.5 Å². The van der Waals surface area contributed by atoms with E-state index in [1.54, 1.807) is 0 Å². The van der Waals surface area contributed by atoms with E-state index < -0.39 is 0 Å². The van der Waals surface area contributed by atoms with E-state index in [1.165, 1.54) is 0 Å². The van der Waals surface area contributed by atoms with E-state index in [4.69, 9.17) is 4.74 Å². The van der Waals surface area contributed by atoms with Gasteiger partial charge in [-0.05, 0) is 25.5 Å². The molecule has 0 fully saturated rings. The van der Waals surface area contributed by atoms with Crippen LogP contribution in [0.3, 0.4) is 0 Å². The first-order chi connectivity index (χ1) is 11.3. The predicted molar refractivity (Wildman–Crippen MR) is 112 cm³/mol. The number of guanidine groups is 1. The number of rotatable bonds is 7. The quantitative estimate of drug-likeness (QED) is 0.298. The zero-order valence-corrected chi connectivity index (χ0v) is 16.6. The monoisotopic (exact) mass is 439 g/mol. The van der Waals surface area contributed by atoms with E-state index in [1.807, 2.05) is 36.4 Å². The standard InChI is InChI=1S/C19H25N3O.HI/c1-3-20-19(21-4-2)22-14-15-23-18-13-9-8-12-17(18)16-10-6-5-7-11-16;/h5-13H,3-4,14-15H2,1-2H3,(H2,20,21,22);1H. The fraction of sp³-hybridized carbons (Fsp3) is 0.316. The summed E-state index contributed by atoms with van der Waals surface area (Å²) in [7, 11) is 0. The van der Waals surface area contributed by atoms with Gasteiger partial charge in [0.05, 0.1) is 6.54 Å². The second-order valence-electron chi connectivity index (χ2n) is 5.00. The summed E-state index contributed by atoms with van der Waals surface area (Å²) >= 11 is 0. The van der Waals surface area contributed by atoms with E-state index in [2.05, 4.69) is 47.7 Å². The highest BCUT2D eigenvalue weighted by Crippen LogP contribution is 2.29. The minimum Gasteiger partial charge on any atom is -0.491 e. The molecule has 0 heterocycles. The number of benzene rings is 2. The van der Waals surface area contributed by atoms with Gasteiger partial charge in [0.1, 0.15) is 12.4 Å². The second-order valence-corrected chi connectivity index (χ2v) is 5.00. The molecule has 2 N–H and O–H groups in total. The van der Waals surface area contributed by atoms with Crippen molar-refractivity contribution in [2.24, 2.45) is 4.99 Å². The Morgan fingerprint density at radius 1 is 0.917 bits per heavy atom. The summed E-state index contributed by atoms with van der Waals surface area (Å²) < 4.78 is 5.94. The molecule has 2 aromatic rings. The Kier molecular flexibility index (Phi) is 9.91. The smallest absolute Gasteiger partial charge is 0.191 e. The second kappa shape index (κ2) is 11.7. The van der Waals surface area contributed by atoms with Crippen molar-refractivity contribution < 1.29 is 4.74 Å². The molecule has 4 nitrogen and oxygen atoms in total. The Bertz CT molecular complexity index is 609. The van der Waals surface area contributed by atoms with Crippen LogP contribution in [-0.4, -0.2) is 32.2 Å². The van der Waals surface area contributed by atoms with Gasteiger partial charge in [-0.2, -0.15) is 0 Å². The van der Waals surface area contributed by atoms with Crippen molar-refractivity contribution >= 4 is 29.9 Å². The molecular weight excluding hydrogens is 413 g/mol. The Morgan fingerprint density at radius 2 is 1.54 bits per heavy atom. The highest BCUT2D eigenvalue weighted by atomic mass is 127. The Labute approximate surface area is 161 Å². The van der Waals surface area contributed by atoms with E-state index in [0.717, 1.165) is 35.9 Å². The largest absolute Gasteiger partial charge is 0.491 e. The van der Waals surface area contributed by atoms with E-state index >= 15 is 0 Å². The molecule has 0 atom stereocenters. The number of nitrogens with one attached hydrogen (secondary N) is 2. The molecule has 0 aromatic heterocycles. The molecule has 24 heavy (non-hydrogen) atoms. The summed E-state index contributed by atoms with van der Waals surface area (Å²) in [6.07, 6.45) is 0. The average molecular weight is 439 g/mol. The topological polar surface area (TPSA) is 45.7 Å². The van der Waals surface area contributed by atoms with Crippen LogP contribution in [0, 0.1) is 0 Å². The fourth-order valence-electron chi connectivity index (χ4n) is 2.27. The summed E-state index contributed by atoms with van der Waals surface area (Å²) in [5.41, 5.74) is 2.27. The van der Waals surface area contributed by atoms with Gasteiger partial charge >= 0.3 is 0 Å². The van der Waals surface area contributed by atoms with Gasteiger partial charge in [0.15, 0.2) is 5.96 Å². The Balaban J connectivity index is 0.00000288. The fourth-order valence-corrected chi connectivity index (χ4v) is 2.27. The lowest BCUT2D eigenvalue weighted by Gasteiger charge is -2.12. The minimum absolute atomic E-state index is 0.